The van der Waals surface area contributed by atoms with Gasteiger partial charge in [-0.25, -0.2) is 0 Å². The maximum absolute atomic E-state index is 13.1. The second-order valence-electron chi connectivity index (χ2n) is 12.3. The van der Waals surface area contributed by atoms with Crippen LogP contribution in [0, 0.1) is 10.1 Å². The summed E-state index contributed by atoms with van der Waals surface area (Å²) in [6, 6.07) is 10.0. The Morgan fingerprint density at radius 1 is 1.02 bits per heavy atom. The molecule has 240 valence electrons. The van der Waals surface area contributed by atoms with Crippen molar-refractivity contribution in [1.29, 1.82) is 0 Å². The van der Waals surface area contributed by atoms with E-state index in [1.165, 1.54) is 23.9 Å². The molecule has 0 radical (unpaired) electrons. The molecule has 2 heterocycles. The van der Waals surface area contributed by atoms with Crippen LogP contribution in [0.3, 0.4) is 0 Å². The number of ether oxygens (including phenoxy) is 1. The molecule has 1 aromatic carbocycles. The highest BCUT2D eigenvalue weighted by atomic mass is 32.2. The lowest BCUT2D eigenvalue weighted by Gasteiger charge is -2.43. The molecule has 2 aromatic heterocycles. The minimum absolute atomic E-state index is 0.0174. The van der Waals surface area contributed by atoms with Crippen molar-refractivity contribution in [2.24, 2.45) is 16.9 Å². The summed E-state index contributed by atoms with van der Waals surface area (Å²) < 4.78 is 50.3. The van der Waals surface area contributed by atoms with Crippen molar-refractivity contribution in [3.8, 4) is 17.0 Å². The molecule has 2 unspecified atom stereocenters. The smallest absolute Gasteiger partial charge is 0.416 e. The molecule has 0 aliphatic heterocycles. The van der Waals surface area contributed by atoms with Crippen LogP contribution < -0.4 is 16.2 Å². The molecule has 0 fully saturated rings. The SMILES string of the molecule is C=CC(C)(C(=O)SCCCCCCCOc1ccc2cc(-c3ccc(C(F)(F)F)cc3)c(=S)oc2n1)C(C)(N)CC(C)(C)N. The van der Waals surface area contributed by atoms with Gasteiger partial charge in [-0.1, -0.05) is 49.2 Å². The van der Waals surface area contributed by atoms with E-state index in [2.05, 4.69) is 11.6 Å². The van der Waals surface area contributed by atoms with Crippen molar-refractivity contribution in [3.05, 3.63) is 65.4 Å². The van der Waals surface area contributed by atoms with Crippen molar-refractivity contribution in [2.75, 3.05) is 12.4 Å². The first-order valence-electron chi connectivity index (χ1n) is 14.6. The van der Waals surface area contributed by atoms with E-state index >= 15 is 0 Å². The van der Waals surface area contributed by atoms with Crippen LogP contribution in [0.4, 0.5) is 13.2 Å². The first-order valence-corrected chi connectivity index (χ1v) is 16.0. The average Bonchev–Trinajstić information content (AvgIpc) is 2.93. The maximum atomic E-state index is 13.1. The molecule has 6 nitrogen and oxygen atoms in total. The largest absolute Gasteiger partial charge is 0.478 e. The molecule has 0 aliphatic carbocycles. The topological polar surface area (TPSA) is 104 Å². The molecule has 11 heteroatoms. The normalized spacial score (nSPS) is 15.0. The molecule has 0 bridgehead atoms. The van der Waals surface area contributed by atoms with Crippen molar-refractivity contribution >= 4 is 40.2 Å². The monoisotopic (exact) mass is 649 g/mol. The molecule has 0 amide bonds. The van der Waals surface area contributed by atoms with E-state index in [1.54, 1.807) is 24.3 Å². The van der Waals surface area contributed by atoms with Crippen LogP contribution in [-0.2, 0) is 11.0 Å². The fourth-order valence-corrected chi connectivity index (χ4v) is 6.42. The minimum Gasteiger partial charge on any atom is -0.478 e. The summed E-state index contributed by atoms with van der Waals surface area (Å²) in [5.74, 6) is 1.12. The van der Waals surface area contributed by atoms with Gasteiger partial charge >= 0.3 is 6.18 Å². The van der Waals surface area contributed by atoms with E-state index in [4.69, 9.17) is 32.8 Å². The quantitative estimate of drug-likeness (QED) is 0.0956. The summed E-state index contributed by atoms with van der Waals surface area (Å²) >= 11 is 6.65. The fourth-order valence-electron chi connectivity index (χ4n) is 5.01. The first-order chi connectivity index (χ1) is 20.5. The van der Waals surface area contributed by atoms with Gasteiger partial charge in [0, 0.05) is 33.8 Å². The Labute approximate surface area is 266 Å². The predicted octanol–water partition coefficient (Wildman–Crippen LogP) is 8.87. The number of nitrogens with two attached hydrogens (primary N) is 2. The summed E-state index contributed by atoms with van der Waals surface area (Å²) in [5, 5.41) is 0.675. The Hall–Kier alpha value is -2.73. The number of alkyl halides is 3. The maximum Gasteiger partial charge on any atom is 0.416 e. The summed E-state index contributed by atoms with van der Waals surface area (Å²) in [6.45, 7) is 11.9. The first kappa shape index (κ1) is 35.7. The van der Waals surface area contributed by atoms with Crippen LogP contribution >= 0.6 is 24.0 Å². The number of hydrogen-bond donors (Lipinski definition) is 2. The second-order valence-corrected chi connectivity index (χ2v) is 13.7. The van der Waals surface area contributed by atoms with E-state index < -0.39 is 28.2 Å². The fraction of sp³-hybridized carbons (Fsp3) is 0.485. The number of benzene rings is 1. The molecule has 2 atom stereocenters. The Kier molecular flexibility index (Phi) is 11.8. The summed E-state index contributed by atoms with van der Waals surface area (Å²) in [5.41, 5.74) is 11.2. The van der Waals surface area contributed by atoms with Gasteiger partial charge in [0.25, 0.3) is 0 Å². The van der Waals surface area contributed by atoms with Crippen LogP contribution in [0.1, 0.15) is 71.8 Å². The molecular weight excluding hydrogens is 608 g/mol. The zero-order valence-corrected chi connectivity index (χ0v) is 27.4. The molecule has 4 N–H and O–H groups in total. The standard InChI is InChI=1S/C33H42F3N3O3S2/c1-6-31(4,32(5,38)21-30(2,3)37)29(40)44-19-11-9-7-8-10-18-41-26-17-14-23-20-25(28(43)42-27(23)39-26)22-12-15-24(16-13-22)33(34,35)36/h6,12-17,20H,1,7-11,18-19,21,37-38H2,2-5H3. The lowest BCUT2D eigenvalue weighted by atomic mass is 9.68. The van der Waals surface area contributed by atoms with Crippen molar-refractivity contribution in [3.63, 3.8) is 0 Å². The summed E-state index contributed by atoms with van der Waals surface area (Å²) in [4.78, 5) is 17.5. The molecule has 0 aliphatic rings. The van der Waals surface area contributed by atoms with Crippen LogP contribution in [0.2, 0.25) is 0 Å². The highest BCUT2D eigenvalue weighted by Gasteiger charge is 2.47. The number of fused-ring (bicyclic) bond motifs is 1. The van der Waals surface area contributed by atoms with E-state index in [0.717, 1.165) is 50.0 Å². The third kappa shape index (κ3) is 9.39. The number of halogens is 3. The van der Waals surface area contributed by atoms with E-state index in [0.29, 0.717) is 41.1 Å². The van der Waals surface area contributed by atoms with Gasteiger partial charge in [-0.05, 0) is 89.0 Å². The van der Waals surface area contributed by atoms with Crippen LogP contribution in [0.15, 0.2) is 59.5 Å². The molecule has 0 saturated heterocycles. The number of pyridine rings is 1. The highest BCUT2D eigenvalue weighted by molar-refractivity contribution is 8.13. The van der Waals surface area contributed by atoms with E-state index in [1.807, 2.05) is 27.7 Å². The number of unbranched alkanes of at least 4 members (excludes halogenated alkanes) is 4. The van der Waals surface area contributed by atoms with Crippen LogP contribution in [-0.4, -0.2) is 33.5 Å². The third-order valence-electron chi connectivity index (χ3n) is 7.71. The Morgan fingerprint density at radius 3 is 2.27 bits per heavy atom. The number of rotatable bonds is 15. The van der Waals surface area contributed by atoms with Gasteiger partial charge in [-0.3, -0.25) is 4.79 Å². The van der Waals surface area contributed by atoms with Gasteiger partial charge < -0.3 is 20.6 Å². The molecule has 3 aromatic rings. The van der Waals surface area contributed by atoms with Gasteiger partial charge in [-0.2, -0.15) is 18.2 Å². The third-order valence-corrected chi connectivity index (χ3v) is 9.19. The van der Waals surface area contributed by atoms with Gasteiger partial charge in [0.2, 0.25) is 16.3 Å². The van der Waals surface area contributed by atoms with Crippen molar-refractivity contribution in [2.45, 2.75) is 83.5 Å². The number of carbonyl (C=O) groups is 1. The highest BCUT2D eigenvalue weighted by Crippen LogP contribution is 2.40. The molecule has 44 heavy (non-hydrogen) atoms. The number of hydrogen-bond acceptors (Lipinski definition) is 8. The predicted molar refractivity (Wildman–Crippen MR) is 175 cm³/mol. The Balaban J connectivity index is 1.41. The number of nitrogens with zero attached hydrogens (tertiary/aromatic N) is 1. The van der Waals surface area contributed by atoms with Crippen molar-refractivity contribution < 1.29 is 27.1 Å². The number of aromatic nitrogens is 1. The average molecular weight is 650 g/mol. The van der Waals surface area contributed by atoms with Gasteiger partial charge in [0.1, 0.15) is 0 Å². The Bertz CT molecular complexity index is 1500. The molecular formula is C33H42F3N3O3S2. The van der Waals surface area contributed by atoms with Gasteiger partial charge in [0.05, 0.1) is 17.6 Å². The summed E-state index contributed by atoms with van der Waals surface area (Å²) in [6.07, 6.45) is 2.48. The minimum atomic E-state index is -4.41. The van der Waals surface area contributed by atoms with Gasteiger partial charge in [0.15, 0.2) is 5.12 Å². The molecule has 3 rings (SSSR count). The van der Waals surface area contributed by atoms with E-state index in [9.17, 15) is 18.0 Å². The number of thioether (sulfide) groups is 1. The lowest BCUT2D eigenvalue weighted by Crippen LogP contribution is -2.58. The second kappa shape index (κ2) is 14.6. The zero-order chi connectivity index (χ0) is 32.8. The van der Waals surface area contributed by atoms with Crippen molar-refractivity contribution in [1.82, 2.24) is 4.98 Å². The molecule has 0 saturated carbocycles. The number of carbonyl (C=O) groups excluding carboxylic acids is 1. The molecule has 0 spiro atoms. The van der Waals surface area contributed by atoms with Crippen LogP contribution in [0.25, 0.3) is 22.2 Å². The Morgan fingerprint density at radius 2 is 1.66 bits per heavy atom. The zero-order valence-electron chi connectivity index (χ0n) is 25.8. The summed E-state index contributed by atoms with van der Waals surface area (Å²) in [7, 11) is 0. The van der Waals surface area contributed by atoms with E-state index in [-0.39, 0.29) is 9.82 Å². The van der Waals surface area contributed by atoms with Gasteiger partial charge in [-0.15, -0.1) is 6.58 Å². The lowest BCUT2D eigenvalue weighted by molar-refractivity contribution is -0.137. The van der Waals surface area contributed by atoms with Crippen LogP contribution in [0.5, 0.6) is 5.88 Å².